The van der Waals surface area contributed by atoms with Gasteiger partial charge in [-0.3, -0.25) is 0 Å². The molecular formula is C11H13ClN4. The van der Waals surface area contributed by atoms with E-state index in [1.807, 2.05) is 17.8 Å². The van der Waals surface area contributed by atoms with E-state index in [2.05, 4.69) is 21.9 Å². The van der Waals surface area contributed by atoms with Crippen molar-refractivity contribution in [1.29, 1.82) is 0 Å². The molecule has 0 saturated carbocycles. The standard InChI is InChI=1S/C11H13ClN4/c1-3-4-10-14-8(7-9(12)15-10)11-13-5-6-16(11)2/h5-7H,3-4H2,1-2H3. The van der Waals surface area contributed by atoms with Crippen LogP contribution in [0.2, 0.25) is 5.15 Å². The maximum atomic E-state index is 5.97. The van der Waals surface area contributed by atoms with Crippen molar-refractivity contribution in [3.05, 3.63) is 29.4 Å². The van der Waals surface area contributed by atoms with Gasteiger partial charge in [-0.1, -0.05) is 18.5 Å². The maximum Gasteiger partial charge on any atom is 0.158 e. The Hall–Kier alpha value is -1.42. The molecule has 0 atom stereocenters. The van der Waals surface area contributed by atoms with Crippen LogP contribution in [0.4, 0.5) is 0 Å². The Morgan fingerprint density at radius 1 is 1.38 bits per heavy atom. The van der Waals surface area contributed by atoms with Crippen LogP contribution in [0.1, 0.15) is 19.2 Å². The van der Waals surface area contributed by atoms with Crippen molar-refractivity contribution >= 4 is 11.6 Å². The molecule has 0 aliphatic heterocycles. The quantitative estimate of drug-likeness (QED) is 0.769. The number of aryl methyl sites for hydroxylation is 2. The second kappa shape index (κ2) is 4.61. The van der Waals surface area contributed by atoms with E-state index in [4.69, 9.17) is 11.6 Å². The lowest BCUT2D eigenvalue weighted by atomic mass is 10.3. The van der Waals surface area contributed by atoms with E-state index in [0.29, 0.717) is 5.15 Å². The van der Waals surface area contributed by atoms with Crippen LogP contribution in [0, 0.1) is 0 Å². The molecule has 4 nitrogen and oxygen atoms in total. The van der Waals surface area contributed by atoms with Crippen molar-refractivity contribution in [2.24, 2.45) is 7.05 Å². The van der Waals surface area contributed by atoms with Gasteiger partial charge in [0, 0.05) is 31.9 Å². The number of halogens is 1. The molecule has 0 spiro atoms. The Morgan fingerprint density at radius 3 is 2.81 bits per heavy atom. The van der Waals surface area contributed by atoms with Crippen molar-refractivity contribution < 1.29 is 0 Å². The number of rotatable bonds is 3. The molecule has 2 rings (SSSR count). The van der Waals surface area contributed by atoms with Crippen LogP contribution >= 0.6 is 11.6 Å². The molecule has 16 heavy (non-hydrogen) atoms. The third-order valence-electron chi connectivity index (χ3n) is 2.27. The third-order valence-corrected chi connectivity index (χ3v) is 2.46. The minimum atomic E-state index is 0.469. The van der Waals surface area contributed by atoms with Crippen molar-refractivity contribution in [3.8, 4) is 11.5 Å². The van der Waals surface area contributed by atoms with Gasteiger partial charge in [-0.25, -0.2) is 15.0 Å². The zero-order chi connectivity index (χ0) is 11.5. The van der Waals surface area contributed by atoms with Crippen molar-refractivity contribution in [2.75, 3.05) is 0 Å². The van der Waals surface area contributed by atoms with Crippen molar-refractivity contribution in [2.45, 2.75) is 19.8 Å². The normalized spacial score (nSPS) is 10.7. The van der Waals surface area contributed by atoms with Crippen LogP contribution in [-0.4, -0.2) is 19.5 Å². The number of hydrogen-bond donors (Lipinski definition) is 0. The highest BCUT2D eigenvalue weighted by molar-refractivity contribution is 6.29. The summed E-state index contributed by atoms with van der Waals surface area (Å²) in [5, 5.41) is 0.469. The lowest BCUT2D eigenvalue weighted by Crippen LogP contribution is -2.00. The summed E-state index contributed by atoms with van der Waals surface area (Å²) in [6.07, 6.45) is 5.45. The van der Waals surface area contributed by atoms with E-state index in [1.54, 1.807) is 12.3 Å². The van der Waals surface area contributed by atoms with Gasteiger partial charge in [-0.05, 0) is 6.42 Å². The lowest BCUT2D eigenvalue weighted by Gasteiger charge is -2.04. The highest BCUT2D eigenvalue weighted by Crippen LogP contribution is 2.18. The Kier molecular flexibility index (Phi) is 3.19. The number of aromatic nitrogens is 4. The van der Waals surface area contributed by atoms with Crippen molar-refractivity contribution in [1.82, 2.24) is 19.5 Å². The van der Waals surface area contributed by atoms with E-state index >= 15 is 0 Å². The molecule has 2 heterocycles. The van der Waals surface area contributed by atoms with Gasteiger partial charge in [-0.2, -0.15) is 0 Å². The SMILES string of the molecule is CCCc1nc(Cl)cc(-c2nccn2C)n1. The fourth-order valence-corrected chi connectivity index (χ4v) is 1.73. The third kappa shape index (κ3) is 2.22. The summed E-state index contributed by atoms with van der Waals surface area (Å²) >= 11 is 5.97. The molecule has 84 valence electrons. The molecule has 0 fully saturated rings. The van der Waals surface area contributed by atoms with Crippen LogP contribution in [-0.2, 0) is 13.5 Å². The van der Waals surface area contributed by atoms with E-state index in [-0.39, 0.29) is 0 Å². The minimum absolute atomic E-state index is 0.469. The zero-order valence-electron chi connectivity index (χ0n) is 9.31. The van der Waals surface area contributed by atoms with Crippen LogP contribution < -0.4 is 0 Å². The molecule has 2 aromatic heterocycles. The summed E-state index contributed by atoms with van der Waals surface area (Å²) in [5.41, 5.74) is 0.774. The molecule has 0 N–H and O–H groups in total. The van der Waals surface area contributed by atoms with E-state index in [9.17, 15) is 0 Å². The van der Waals surface area contributed by atoms with Crippen LogP contribution in [0.5, 0.6) is 0 Å². The molecule has 0 unspecified atom stereocenters. The number of hydrogen-bond acceptors (Lipinski definition) is 3. The summed E-state index contributed by atoms with van der Waals surface area (Å²) < 4.78 is 1.91. The van der Waals surface area contributed by atoms with E-state index in [0.717, 1.165) is 30.2 Å². The minimum Gasteiger partial charge on any atom is -0.333 e. The van der Waals surface area contributed by atoms with Gasteiger partial charge < -0.3 is 4.57 Å². The molecule has 0 amide bonds. The maximum absolute atomic E-state index is 5.97. The van der Waals surface area contributed by atoms with E-state index < -0.39 is 0 Å². The average molecular weight is 237 g/mol. The Balaban J connectivity index is 2.45. The van der Waals surface area contributed by atoms with Crippen LogP contribution in [0.25, 0.3) is 11.5 Å². The first-order valence-corrected chi connectivity index (χ1v) is 5.59. The van der Waals surface area contributed by atoms with Gasteiger partial charge in [0.2, 0.25) is 0 Å². The predicted molar refractivity (Wildman–Crippen MR) is 63.2 cm³/mol. The first-order chi connectivity index (χ1) is 7.70. The zero-order valence-corrected chi connectivity index (χ0v) is 10.1. The topological polar surface area (TPSA) is 43.6 Å². The molecule has 0 aliphatic rings. The van der Waals surface area contributed by atoms with Gasteiger partial charge in [-0.15, -0.1) is 0 Å². The summed E-state index contributed by atoms with van der Waals surface area (Å²) in [4.78, 5) is 12.9. The van der Waals surface area contributed by atoms with Crippen LogP contribution in [0.15, 0.2) is 18.5 Å². The highest BCUT2D eigenvalue weighted by atomic mass is 35.5. The summed E-state index contributed by atoms with van der Waals surface area (Å²) in [6.45, 7) is 2.09. The largest absolute Gasteiger partial charge is 0.333 e. The van der Waals surface area contributed by atoms with Gasteiger partial charge in [0.25, 0.3) is 0 Å². The Morgan fingerprint density at radius 2 is 2.19 bits per heavy atom. The molecular weight excluding hydrogens is 224 g/mol. The summed E-state index contributed by atoms with van der Waals surface area (Å²) in [6, 6.07) is 1.74. The molecule has 0 saturated heterocycles. The molecule has 0 radical (unpaired) electrons. The first kappa shape index (κ1) is 11.1. The van der Waals surface area contributed by atoms with E-state index in [1.165, 1.54) is 0 Å². The van der Waals surface area contributed by atoms with Gasteiger partial charge in [0.15, 0.2) is 5.82 Å². The molecule has 0 aromatic carbocycles. The van der Waals surface area contributed by atoms with Crippen molar-refractivity contribution in [3.63, 3.8) is 0 Å². The molecule has 5 heteroatoms. The smallest absolute Gasteiger partial charge is 0.158 e. The number of nitrogens with zero attached hydrogens (tertiary/aromatic N) is 4. The second-order valence-corrected chi connectivity index (χ2v) is 3.99. The second-order valence-electron chi connectivity index (χ2n) is 3.60. The molecule has 0 bridgehead atoms. The lowest BCUT2D eigenvalue weighted by molar-refractivity contribution is 0.829. The summed E-state index contributed by atoms with van der Waals surface area (Å²) in [5.74, 6) is 1.58. The first-order valence-electron chi connectivity index (χ1n) is 5.22. The van der Waals surface area contributed by atoms with Gasteiger partial charge >= 0.3 is 0 Å². The van der Waals surface area contributed by atoms with Gasteiger partial charge in [0.1, 0.15) is 16.7 Å². The average Bonchev–Trinajstić information content (AvgIpc) is 2.64. The fraction of sp³-hybridized carbons (Fsp3) is 0.364. The summed E-state index contributed by atoms with van der Waals surface area (Å²) in [7, 11) is 1.93. The Bertz CT molecular complexity index is 492. The molecule has 0 aliphatic carbocycles. The molecule has 2 aromatic rings. The monoisotopic (exact) mass is 236 g/mol. The van der Waals surface area contributed by atoms with Crippen LogP contribution in [0.3, 0.4) is 0 Å². The number of imidazole rings is 1. The Labute approximate surface area is 99.3 Å². The predicted octanol–water partition coefficient (Wildman–Crippen LogP) is 2.48. The fourth-order valence-electron chi connectivity index (χ4n) is 1.53. The van der Waals surface area contributed by atoms with Gasteiger partial charge in [0.05, 0.1) is 0 Å². The highest BCUT2D eigenvalue weighted by Gasteiger charge is 2.08.